The fraction of sp³-hybridized carbons (Fsp3) is 0.261. The van der Waals surface area contributed by atoms with Crippen LogP contribution in [-0.2, 0) is 6.54 Å². The largest absolute Gasteiger partial charge is 0.439 e. The molecule has 4 aromatic rings. The lowest BCUT2D eigenvalue weighted by Gasteiger charge is -2.14. The molecule has 0 atom stereocenters. The first-order chi connectivity index (χ1) is 14.3. The van der Waals surface area contributed by atoms with E-state index in [1.54, 1.807) is 0 Å². The van der Waals surface area contributed by atoms with Crippen LogP contribution in [0.3, 0.4) is 0 Å². The average Bonchev–Trinajstić information content (AvgIpc) is 3.06. The van der Waals surface area contributed by atoms with Crippen LogP contribution in [0.1, 0.15) is 42.3 Å². The van der Waals surface area contributed by atoms with E-state index in [0.29, 0.717) is 27.6 Å². The lowest BCUT2D eigenvalue weighted by atomic mass is 10.1. The van der Waals surface area contributed by atoms with Crippen molar-refractivity contribution in [2.45, 2.75) is 50.1 Å². The number of benzene rings is 2. The second-order valence-electron chi connectivity index (χ2n) is 7.72. The molecule has 7 heteroatoms. The molecule has 0 saturated heterocycles. The van der Waals surface area contributed by atoms with Crippen molar-refractivity contribution in [1.82, 2.24) is 14.5 Å². The Morgan fingerprint density at radius 3 is 2.47 bits per heavy atom. The van der Waals surface area contributed by atoms with Gasteiger partial charge in [-0.2, -0.15) is 0 Å². The lowest BCUT2D eigenvalue weighted by molar-refractivity contribution is 0.490. The van der Waals surface area contributed by atoms with E-state index in [-0.39, 0.29) is 18.0 Å². The maximum atomic E-state index is 13.3. The van der Waals surface area contributed by atoms with Gasteiger partial charge in [-0.1, -0.05) is 43.8 Å². The summed E-state index contributed by atoms with van der Waals surface area (Å²) in [6.45, 7) is 7.94. The Kier molecular flexibility index (Phi) is 5.39. The maximum Gasteiger partial charge on any atom is 0.329 e. The number of rotatable bonds is 5. The summed E-state index contributed by atoms with van der Waals surface area (Å²) in [5, 5.41) is 0.582. The molecule has 0 unspecified atom stereocenters. The molecular formula is C23H23N3O3S. The summed E-state index contributed by atoms with van der Waals surface area (Å²) in [5.41, 5.74) is 3.38. The number of hydrogen-bond acceptors (Lipinski definition) is 5. The molecular weight excluding hydrogens is 398 g/mol. The van der Waals surface area contributed by atoms with Gasteiger partial charge in [0.25, 0.3) is 5.56 Å². The van der Waals surface area contributed by atoms with Crippen LogP contribution < -0.4 is 11.2 Å². The van der Waals surface area contributed by atoms with Crippen molar-refractivity contribution in [2.24, 2.45) is 0 Å². The zero-order valence-electron chi connectivity index (χ0n) is 17.4. The van der Waals surface area contributed by atoms with E-state index in [4.69, 9.17) is 4.42 Å². The molecule has 2 heterocycles. The Bertz CT molecular complexity index is 1290. The Morgan fingerprint density at radius 1 is 1.10 bits per heavy atom. The third-order valence-electron chi connectivity index (χ3n) is 4.81. The zero-order chi connectivity index (χ0) is 21.4. The molecule has 0 aliphatic rings. The summed E-state index contributed by atoms with van der Waals surface area (Å²) in [6.07, 6.45) is 0. The molecule has 0 fully saturated rings. The van der Waals surface area contributed by atoms with Crippen molar-refractivity contribution < 1.29 is 4.42 Å². The highest BCUT2D eigenvalue weighted by Crippen LogP contribution is 2.31. The number of oxazole rings is 1. The molecule has 0 saturated carbocycles. The molecule has 1 N–H and O–H groups in total. The van der Waals surface area contributed by atoms with E-state index in [1.807, 2.05) is 64.1 Å². The van der Waals surface area contributed by atoms with Gasteiger partial charge in [-0.15, -0.1) is 0 Å². The van der Waals surface area contributed by atoms with Crippen LogP contribution in [0, 0.1) is 13.8 Å². The molecule has 0 spiro atoms. The second kappa shape index (κ2) is 7.99. The van der Waals surface area contributed by atoms with Crippen LogP contribution in [0.15, 0.2) is 66.4 Å². The van der Waals surface area contributed by atoms with Crippen molar-refractivity contribution in [3.8, 4) is 0 Å². The molecule has 0 aliphatic heterocycles. The predicted molar refractivity (Wildman–Crippen MR) is 119 cm³/mol. The van der Waals surface area contributed by atoms with Gasteiger partial charge in [0.15, 0.2) is 5.58 Å². The standard InChI is InChI=1S/C23H23N3O3S/c1-13(2)20-21(30-16-10-14(3)9-15(4)11-16)25-23(28)26(22(20)27)12-19-24-17-7-5-6-8-18(17)29-19/h5-11,13H,12H2,1-4H3,(H,25,28). The van der Waals surface area contributed by atoms with Crippen molar-refractivity contribution in [3.63, 3.8) is 0 Å². The van der Waals surface area contributed by atoms with E-state index < -0.39 is 5.69 Å². The van der Waals surface area contributed by atoms with Crippen LogP contribution in [0.2, 0.25) is 0 Å². The van der Waals surface area contributed by atoms with Crippen LogP contribution in [0.25, 0.3) is 11.1 Å². The first kappa shape index (κ1) is 20.2. The predicted octanol–water partition coefficient (Wildman–Crippen LogP) is 4.62. The summed E-state index contributed by atoms with van der Waals surface area (Å²) in [4.78, 5) is 34.3. The third-order valence-corrected chi connectivity index (χ3v) is 5.81. The minimum Gasteiger partial charge on any atom is -0.439 e. The molecule has 4 rings (SSSR count). The second-order valence-corrected chi connectivity index (χ2v) is 8.80. The molecule has 2 aromatic carbocycles. The molecule has 0 bridgehead atoms. The number of aromatic nitrogens is 3. The summed E-state index contributed by atoms with van der Waals surface area (Å²) >= 11 is 1.41. The van der Waals surface area contributed by atoms with Gasteiger partial charge in [-0.3, -0.25) is 9.36 Å². The third kappa shape index (κ3) is 3.98. The summed E-state index contributed by atoms with van der Waals surface area (Å²) in [6, 6.07) is 13.5. The Labute approximate surface area is 178 Å². The molecule has 0 aliphatic carbocycles. The zero-order valence-corrected chi connectivity index (χ0v) is 18.2. The topological polar surface area (TPSA) is 80.9 Å². The minimum atomic E-state index is -0.474. The Balaban J connectivity index is 1.77. The summed E-state index contributed by atoms with van der Waals surface area (Å²) < 4.78 is 6.86. The van der Waals surface area contributed by atoms with Crippen LogP contribution in [0.5, 0.6) is 0 Å². The summed E-state index contributed by atoms with van der Waals surface area (Å²) in [5.74, 6) is 0.269. The van der Waals surface area contributed by atoms with Gasteiger partial charge in [0.05, 0.1) is 10.6 Å². The van der Waals surface area contributed by atoms with Crippen LogP contribution in [-0.4, -0.2) is 14.5 Å². The molecule has 154 valence electrons. The number of H-pyrrole nitrogens is 1. The SMILES string of the molecule is Cc1cc(C)cc(Sc2[nH]c(=O)n(Cc3nc4ccccc4o3)c(=O)c2C(C)C)c1. The quantitative estimate of drug-likeness (QED) is 0.476. The number of para-hydroxylation sites is 2. The van der Waals surface area contributed by atoms with E-state index in [1.165, 1.54) is 11.8 Å². The highest BCUT2D eigenvalue weighted by atomic mass is 32.2. The molecule has 6 nitrogen and oxygen atoms in total. The molecule has 2 aromatic heterocycles. The van der Waals surface area contributed by atoms with Gasteiger partial charge in [0.1, 0.15) is 12.1 Å². The minimum absolute atomic E-state index is 0.0168. The number of nitrogens with one attached hydrogen (secondary N) is 1. The van der Waals surface area contributed by atoms with E-state index in [0.717, 1.165) is 20.6 Å². The maximum absolute atomic E-state index is 13.3. The number of nitrogens with zero attached hydrogens (tertiary/aromatic N) is 2. The highest BCUT2D eigenvalue weighted by Gasteiger charge is 2.19. The van der Waals surface area contributed by atoms with Crippen molar-refractivity contribution in [1.29, 1.82) is 0 Å². The first-order valence-electron chi connectivity index (χ1n) is 9.79. The number of aryl methyl sites for hydroxylation is 2. The Hall–Kier alpha value is -3.06. The van der Waals surface area contributed by atoms with E-state index >= 15 is 0 Å². The fourth-order valence-corrected chi connectivity index (χ4v) is 4.83. The van der Waals surface area contributed by atoms with E-state index in [2.05, 4.69) is 16.0 Å². The van der Waals surface area contributed by atoms with Gasteiger partial charge in [-0.05, 0) is 55.2 Å². The van der Waals surface area contributed by atoms with Crippen molar-refractivity contribution >= 4 is 22.9 Å². The van der Waals surface area contributed by atoms with Gasteiger partial charge in [0.2, 0.25) is 5.89 Å². The normalized spacial score (nSPS) is 11.5. The molecule has 30 heavy (non-hydrogen) atoms. The number of hydrogen-bond donors (Lipinski definition) is 1. The fourth-order valence-electron chi connectivity index (χ4n) is 3.53. The first-order valence-corrected chi connectivity index (χ1v) is 10.6. The van der Waals surface area contributed by atoms with Gasteiger partial charge < -0.3 is 9.40 Å². The van der Waals surface area contributed by atoms with Crippen LogP contribution in [0.4, 0.5) is 0 Å². The highest BCUT2D eigenvalue weighted by molar-refractivity contribution is 7.99. The van der Waals surface area contributed by atoms with Gasteiger partial charge >= 0.3 is 5.69 Å². The van der Waals surface area contributed by atoms with Gasteiger partial charge in [-0.25, -0.2) is 9.78 Å². The van der Waals surface area contributed by atoms with Crippen LogP contribution >= 0.6 is 11.8 Å². The smallest absolute Gasteiger partial charge is 0.329 e. The molecule has 0 radical (unpaired) electrons. The van der Waals surface area contributed by atoms with E-state index in [9.17, 15) is 9.59 Å². The monoisotopic (exact) mass is 421 g/mol. The lowest BCUT2D eigenvalue weighted by Crippen LogP contribution is -2.38. The summed E-state index contributed by atoms with van der Waals surface area (Å²) in [7, 11) is 0. The van der Waals surface area contributed by atoms with Gasteiger partial charge in [0, 0.05) is 4.90 Å². The number of aromatic amines is 1. The van der Waals surface area contributed by atoms with Crippen molar-refractivity contribution in [2.75, 3.05) is 0 Å². The average molecular weight is 422 g/mol. The molecule has 0 amide bonds. The van der Waals surface area contributed by atoms with Crippen molar-refractivity contribution in [3.05, 3.63) is 85.9 Å². The number of fused-ring (bicyclic) bond motifs is 1. The Morgan fingerprint density at radius 2 is 1.80 bits per heavy atom.